The van der Waals surface area contributed by atoms with E-state index >= 15 is 0 Å². The molecule has 0 bridgehead atoms. The topological polar surface area (TPSA) is 68.2 Å². The van der Waals surface area contributed by atoms with Crippen molar-refractivity contribution in [1.29, 1.82) is 0 Å². The van der Waals surface area contributed by atoms with Crippen molar-refractivity contribution in [3.63, 3.8) is 0 Å². The number of benzene rings is 1. The third-order valence-corrected chi connectivity index (χ3v) is 6.01. The Morgan fingerprint density at radius 3 is 2.51 bits per heavy atom. The van der Waals surface area contributed by atoms with Crippen LogP contribution >= 0.6 is 0 Å². The number of pyridine rings is 1. The molecular weight excluding hydrogens is 464 g/mol. The molecule has 0 saturated carbocycles. The summed E-state index contributed by atoms with van der Waals surface area (Å²) in [5.74, 6) is -0.699. The van der Waals surface area contributed by atoms with Crippen LogP contribution in [0.15, 0.2) is 55.0 Å². The first kappa shape index (κ1) is 24.6. The molecule has 3 atom stereocenters. The second kappa shape index (κ2) is 9.97. The molecule has 184 valence electrons. The van der Waals surface area contributed by atoms with Crippen LogP contribution in [-0.2, 0) is 6.18 Å². The summed E-state index contributed by atoms with van der Waals surface area (Å²) in [6, 6.07) is 7.56. The molecule has 0 N–H and O–H groups in total. The van der Waals surface area contributed by atoms with E-state index in [-0.39, 0.29) is 40.7 Å². The summed E-state index contributed by atoms with van der Waals surface area (Å²) >= 11 is 0. The maximum absolute atomic E-state index is 14.8. The summed E-state index contributed by atoms with van der Waals surface area (Å²) in [7, 11) is 0. The summed E-state index contributed by atoms with van der Waals surface area (Å²) < 4.78 is 59.4. The molecule has 0 radical (unpaired) electrons. The Balaban J connectivity index is 1.62. The molecule has 2 aromatic heterocycles. The molecule has 3 unspecified atom stereocenters. The lowest BCUT2D eigenvalue weighted by atomic mass is 10.0. The second-order valence-corrected chi connectivity index (χ2v) is 8.55. The molecule has 1 fully saturated rings. The zero-order chi connectivity index (χ0) is 25.2. The molecule has 6 nitrogen and oxygen atoms in total. The minimum atomic E-state index is -4.50. The van der Waals surface area contributed by atoms with Gasteiger partial charge in [0.25, 0.3) is 5.91 Å². The van der Waals surface area contributed by atoms with Gasteiger partial charge in [0, 0.05) is 31.2 Å². The number of likely N-dealkylation sites (tertiary alicyclic amines) is 1. The van der Waals surface area contributed by atoms with E-state index in [4.69, 9.17) is 4.74 Å². The van der Waals surface area contributed by atoms with Crippen molar-refractivity contribution >= 4 is 5.91 Å². The molecule has 1 saturated heterocycles. The molecule has 4 rings (SSSR count). The minimum absolute atomic E-state index is 0.0229. The molecule has 0 aliphatic carbocycles. The largest absolute Gasteiger partial charge is 0.472 e. The van der Waals surface area contributed by atoms with E-state index in [1.807, 2.05) is 13.8 Å². The molecule has 3 aromatic rings. The van der Waals surface area contributed by atoms with Gasteiger partial charge < -0.3 is 9.64 Å². The first-order valence-electron chi connectivity index (χ1n) is 11.3. The fraction of sp³-hybridized carbons (Fsp3) is 0.360. The second-order valence-electron chi connectivity index (χ2n) is 8.55. The number of nitrogens with zero attached hydrogens (tertiary/aromatic N) is 4. The van der Waals surface area contributed by atoms with E-state index in [2.05, 4.69) is 15.0 Å². The number of alkyl halides is 3. The van der Waals surface area contributed by atoms with E-state index in [0.717, 1.165) is 12.3 Å². The average molecular weight is 488 g/mol. The molecular formula is C25H24F4N4O2. The number of hydrogen-bond acceptors (Lipinski definition) is 5. The predicted molar refractivity (Wildman–Crippen MR) is 120 cm³/mol. The Kier molecular flexibility index (Phi) is 7.00. The summed E-state index contributed by atoms with van der Waals surface area (Å²) in [6.07, 6.45) is -0.229. The number of halogens is 4. The Bertz CT molecular complexity index is 1170. The number of amides is 1. The summed E-state index contributed by atoms with van der Waals surface area (Å²) in [6.45, 7) is 4.29. The SMILES string of the molecule is CCC(Oc1ccc(C(F)(F)F)cn1)C1CC(C)CN1C(=O)c1cccc(F)c1-c1ncccn1. The van der Waals surface area contributed by atoms with Gasteiger partial charge >= 0.3 is 6.18 Å². The lowest BCUT2D eigenvalue weighted by molar-refractivity contribution is -0.137. The highest BCUT2D eigenvalue weighted by molar-refractivity contribution is 6.00. The first-order chi connectivity index (χ1) is 16.7. The van der Waals surface area contributed by atoms with Gasteiger partial charge in [0.05, 0.1) is 22.7 Å². The summed E-state index contributed by atoms with van der Waals surface area (Å²) in [5, 5.41) is 0. The predicted octanol–water partition coefficient (Wildman–Crippen LogP) is 5.40. The van der Waals surface area contributed by atoms with Crippen molar-refractivity contribution < 1.29 is 27.1 Å². The lowest BCUT2D eigenvalue weighted by Gasteiger charge is -2.31. The minimum Gasteiger partial charge on any atom is -0.472 e. The van der Waals surface area contributed by atoms with Gasteiger partial charge in [0.15, 0.2) is 5.82 Å². The van der Waals surface area contributed by atoms with Gasteiger partial charge in [-0.05, 0) is 43.0 Å². The highest BCUT2D eigenvalue weighted by atomic mass is 19.4. The molecule has 0 spiro atoms. The van der Waals surface area contributed by atoms with Crippen molar-refractivity contribution in [1.82, 2.24) is 19.9 Å². The summed E-state index contributed by atoms with van der Waals surface area (Å²) in [4.78, 5) is 27.4. The fourth-order valence-corrected chi connectivity index (χ4v) is 4.39. The number of ether oxygens (including phenoxy) is 1. The van der Waals surface area contributed by atoms with Crippen LogP contribution in [0.4, 0.5) is 17.6 Å². The quantitative estimate of drug-likeness (QED) is 0.435. The van der Waals surface area contributed by atoms with E-state index in [0.29, 0.717) is 19.4 Å². The number of carbonyl (C=O) groups excluding carboxylic acids is 1. The molecule has 1 aliphatic heterocycles. The lowest BCUT2D eigenvalue weighted by Crippen LogP contribution is -2.45. The molecule has 10 heteroatoms. The van der Waals surface area contributed by atoms with Crippen LogP contribution in [0, 0.1) is 11.7 Å². The monoisotopic (exact) mass is 488 g/mol. The zero-order valence-electron chi connectivity index (χ0n) is 19.2. The van der Waals surface area contributed by atoms with Gasteiger partial charge in [-0.1, -0.05) is 19.9 Å². The van der Waals surface area contributed by atoms with Crippen LogP contribution in [0.1, 0.15) is 42.6 Å². The average Bonchev–Trinajstić information content (AvgIpc) is 3.23. The molecule has 1 aliphatic rings. The zero-order valence-corrected chi connectivity index (χ0v) is 19.2. The van der Waals surface area contributed by atoms with Crippen LogP contribution in [0.2, 0.25) is 0 Å². The van der Waals surface area contributed by atoms with Crippen LogP contribution in [0.3, 0.4) is 0 Å². The van der Waals surface area contributed by atoms with Crippen LogP contribution < -0.4 is 4.74 Å². The van der Waals surface area contributed by atoms with E-state index in [1.165, 1.54) is 36.7 Å². The maximum Gasteiger partial charge on any atom is 0.417 e. The standard InChI is InChI=1S/C25H24F4N4O2/c1-3-20(35-21-9-8-16(13-32-21)25(27,28)29)19-12-15(2)14-33(19)24(34)17-6-4-7-18(26)22(17)23-30-10-5-11-31-23/h4-11,13,15,19-20H,3,12,14H2,1-2H3. The van der Waals surface area contributed by atoms with E-state index in [9.17, 15) is 22.4 Å². The van der Waals surface area contributed by atoms with E-state index < -0.39 is 23.7 Å². The van der Waals surface area contributed by atoms with Gasteiger partial charge in [-0.15, -0.1) is 0 Å². The van der Waals surface area contributed by atoms with E-state index in [1.54, 1.807) is 11.0 Å². The van der Waals surface area contributed by atoms with Crippen molar-refractivity contribution in [3.8, 4) is 17.3 Å². The normalized spacial score (nSPS) is 19.0. The maximum atomic E-state index is 14.8. The number of carbonyl (C=O) groups is 1. The van der Waals surface area contributed by atoms with Gasteiger partial charge in [-0.25, -0.2) is 19.3 Å². The Hall–Kier alpha value is -3.56. The molecule has 3 heterocycles. The van der Waals surface area contributed by atoms with Crippen LogP contribution in [0.25, 0.3) is 11.4 Å². The van der Waals surface area contributed by atoms with Crippen molar-refractivity contribution in [2.24, 2.45) is 5.92 Å². The van der Waals surface area contributed by atoms with Crippen molar-refractivity contribution in [2.75, 3.05) is 6.54 Å². The number of hydrogen-bond donors (Lipinski definition) is 0. The molecule has 1 aromatic carbocycles. The third-order valence-electron chi connectivity index (χ3n) is 6.01. The van der Waals surface area contributed by atoms with Gasteiger partial charge in [-0.2, -0.15) is 13.2 Å². The highest BCUT2D eigenvalue weighted by Crippen LogP contribution is 2.33. The fourth-order valence-electron chi connectivity index (χ4n) is 4.39. The number of aromatic nitrogens is 3. The van der Waals surface area contributed by atoms with Crippen LogP contribution in [0.5, 0.6) is 5.88 Å². The van der Waals surface area contributed by atoms with Gasteiger partial charge in [0.1, 0.15) is 11.9 Å². The molecule has 1 amide bonds. The van der Waals surface area contributed by atoms with Crippen molar-refractivity contribution in [2.45, 2.75) is 45.0 Å². The smallest absolute Gasteiger partial charge is 0.417 e. The van der Waals surface area contributed by atoms with Crippen LogP contribution in [-0.4, -0.2) is 44.4 Å². The Morgan fingerprint density at radius 1 is 1.14 bits per heavy atom. The van der Waals surface area contributed by atoms with Crippen molar-refractivity contribution in [3.05, 3.63) is 71.9 Å². The Morgan fingerprint density at radius 2 is 1.89 bits per heavy atom. The van der Waals surface area contributed by atoms with Gasteiger partial charge in [0.2, 0.25) is 5.88 Å². The Labute approximate surface area is 200 Å². The highest BCUT2D eigenvalue weighted by Gasteiger charge is 2.40. The first-order valence-corrected chi connectivity index (χ1v) is 11.3. The number of rotatable bonds is 6. The molecule has 35 heavy (non-hydrogen) atoms. The summed E-state index contributed by atoms with van der Waals surface area (Å²) in [5.41, 5.74) is -0.710. The van der Waals surface area contributed by atoms with Gasteiger partial charge in [-0.3, -0.25) is 4.79 Å². The third kappa shape index (κ3) is 5.26.